The van der Waals surface area contributed by atoms with E-state index in [4.69, 9.17) is 0 Å². The Morgan fingerprint density at radius 3 is 1.16 bits per heavy atom. The highest BCUT2D eigenvalue weighted by Crippen LogP contribution is 2.33. The maximum atomic E-state index is 13.0. The first-order valence-electron chi connectivity index (χ1n) is 25.3. The van der Waals surface area contributed by atoms with Gasteiger partial charge >= 0.3 is 0 Å². The monoisotopic (exact) mass is 857 g/mol. The Bertz CT molecular complexity index is 2280. The lowest BCUT2D eigenvalue weighted by atomic mass is 9.90. The van der Waals surface area contributed by atoms with Crippen molar-refractivity contribution >= 4 is 32.9 Å². The highest BCUT2D eigenvalue weighted by Gasteiger charge is 2.12. The Kier molecular flexibility index (Phi) is 22.7. The molecule has 5 aromatic carbocycles. The summed E-state index contributed by atoms with van der Waals surface area (Å²) in [6, 6.07) is 29.7. The molecule has 5 aromatic rings. The average molecular weight is 857 g/mol. The normalized spacial score (nSPS) is 10.9. The summed E-state index contributed by atoms with van der Waals surface area (Å²) in [4.78, 5) is 25.9. The minimum atomic E-state index is -0.0135. The number of benzene rings is 3. The number of nitrogens with one attached hydrogen (secondary N) is 2. The van der Waals surface area contributed by atoms with Crippen molar-refractivity contribution in [2.24, 2.45) is 0 Å². The van der Waals surface area contributed by atoms with Gasteiger partial charge in [-0.05, 0) is 120 Å². The van der Waals surface area contributed by atoms with Crippen LogP contribution in [0.25, 0.3) is 21.5 Å². The zero-order valence-corrected chi connectivity index (χ0v) is 39.7. The molecule has 338 valence electrons. The minimum Gasteiger partial charge on any atom is -0.382 e. The van der Waals surface area contributed by atoms with E-state index in [9.17, 15) is 9.59 Å². The van der Waals surface area contributed by atoms with Crippen molar-refractivity contribution in [1.82, 2.24) is 0 Å². The SMILES string of the molecule is CCCCCCCCCCCCNc1ccc(C#Cc2cccc3c(CCCC)c4cccc(C#Cc5ccc(NCCCCCCCCCCCC)c(=O)cc5)c4cc23)ccc1=O. The molecule has 4 nitrogen and oxygen atoms in total. The molecule has 2 N–H and O–H groups in total. The molecule has 4 heteroatoms. The number of rotatable bonds is 27. The largest absolute Gasteiger partial charge is 0.382 e. The van der Waals surface area contributed by atoms with Crippen LogP contribution < -0.4 is 21.5 Å². The Balaban J connectivity index is 1.27. The molecule has 0 bridgehead atoms. The first-order chi connectivity index (χ1) is 31.5. The van der Waals surface area contributed by atoms with Crippen LogP contribution in [0.2, 0.25) is 0 Å². The van der Waals surface area contributed by atoms with Gasteiger partial charge in [0.15, 0.2) is 0 Å². The van der Waals surface area contributed by atoms with E-state index in [0.717, 1.165) is 78.2 Å². The molecule has 0 fully saturated rings. The summed E-state index contributed by atoms with van der Waals surface area (Å²) >= 11 is 0. The zero-order valence-electron chi connectivity index (χ0n) is 39.7. The number of fused-ring (bicyclic) bond motifs is 2. The summed E-state index contributed by atoms with van der Waals surface area (Å²) < 4.78 is 0. The predicted molar refractivity (Wildman–Crippen MR) is 278 cm³/mol. The van der Waals surface area contributed by atoms with Crippen molar-refractivity contribution in [2.45, 2.75) is 168 Å². The second-order valence-corrected chi connectivity index (χ2v) is 17.8. The van der Waals surface area contributed by atoms with Crippen molar-refractivity contribution in [3.8, 4) is 23.7 Å². The number of unbranched alkanes of at least 4 members (excludes halogenated alkanes) is 19. The maximum Gasteiger partial charge on any atom is 0.201 e. The van der Waals surface area contributed by atoms with Crippen molar-refractivity contribution in [3.05, 3.63) is 139 Å². The molecule has 0 heterocycles. The van der Waals surface area contributed by atoms with Crippen LogP contribution in [0.3, 0.4) is 0 Å². The summed E-state index contributed by atoms with van der Waals surface area (Å²) in [7, 11) is 0. The second-order valence-electron chi connectivity index (χ2n) is 17.8. The molecule has 0 saturated heterocycles. The van der Waals surface area contributed by atoms with Gasteiger partial charge in [-0.1, -0.05) is 191 Å². The molecule has 5 rings (SSSR count). The van der Waals surface area contributed by atoms with Crippen LogP contribution in [0.5, 0.6) is 0 Å². The minimum absolute atomic E-state index is 0.0135. The molecule has 0 saturated carbocycles. The molecule has 0 amide bonds. The van der Waals surface area contributed by atoms with Crippen molar-refractivity contribution in [2.75, 3.05) is 23.7 Å². The molecule has 0 aliphatic carbocycles. The lowest BCUT2D eigenvalue weighted by Crippen LogP contribution is -2.09. The molecule has 0 atom stereocenters. The molecule has 64 heavy (non-hydrogen) atoms. The van der Waals surface area contributed by atoms with E-state index in [0.29, 0.717) is 11.4 Å². The van der Waals surface area contributed by atoms with Crippen LogP contribution in [-0.2, 0) is 6.42 Å². The van der Waals surface area contributed by atoms with Gasteiger partial charge in [0.1, 0.15) is 0 Å². The Morgan fingerprint density at radius 2 is 0.750 bits per heavy atom. The van der Waals surface area contributed by atoms with E-state index in [1.54, 1.807) is 12.1 Å². The molecule has 0 radical (unpaired) electrons. The lowest BCUT2D eigenvalue weighted by Gasteiger charge is -2.14. The fourth-order valence-electron chi connectivity index (χ4n) is 8.64. The third kappa shape index (κ3) is 16.7. The van der Waals surface area contributed by atoms with Crippen LogP contribution in [0.4, 0.5) is 11.4 Å². The van der Waals surface area contributed by atoms with Gasteiger partial charge in [0.2, 0.25) is 10.9 Å². The molecule has 0 aliphatic heterocycles. The molecule has 0 aliphatic rings. The summed E-state index contributed by atoms with van der Waals surface area (Å²) in [6.07, 6.45) is 29.0. The number of anilines is 2. The number of aryl methyl sites for hydroxylation is 1. The van der Waals surface area contributed by atoms with E-state index >= 15 is 0 Å². The zero-order chi connectivity index (χ0) is 45.0. The van der Waals surface area contributed by atoms with Gasteiger partial charge in [-0.25, -0.2) is 0 Å². The first-order valence-corrected chi connectivity index (χ1v) is 25.3. The van der Waals surface area contributed by atoms with Gasteiger partial charge < -0.3 is 10.6 Å². The van der Waals surface area contributed by atoms with E-state index in [-0.39, 0.29) is 10.9 Å². The van der Waals surface area contributed by atoms with Gasteiger partial charge in [0.05, 0.1) is 11.4 Å². The highest BCUT2D eigenvalue weighted by atomic mass is 16.1. The van der Waals surface area contributed by atoms with E-state index in [1.807, 2.05) is 36.4 Å². The van der Waals surface area contributed by atoms with Crippen LogP contribution in [0.1, 0.15) is 190 Å². The average Bonchev–Trinajstić information content (AvgIpc) is 3.60. The van der Waals surface area contributed by atoms with Crippen LogP contribution >= 0.6 is 0 Å². The fourth-order valence-corrected chi connectivity index (χ4v) is 8.64. The van der Waals surface area contributed by atoms with Crippen LogP contribution in [0.15, 0.2) is 101 Å². The quantitative estimate of drug-likeness (QED) is 0.0314. The molecule has 0 aromatic heterocycles. The van der Waals surface area contributed by atoms with Gasteiger partial charge in [-0.3, -0.25) is 9.59 Å². The van der Waals surface area contributed by atoms with Gasteiger partial charge in [-0.15, -0.1) is 0 Å². The molecular formula is C60H76N2O2. The van der Waals surface area contributed by atoms with Gasteiger partial charge in [-0.2, -0.15) is 0 Å². The summed E-state index contributed by atoms with van der Waals surface area (Å²) in [5, 5.41) is 11.4. The Morgan fingerprint density at radius 1 is 0.375 bits per heavy atom. The smallest absolute Gasteiger partial charge is 0.201 e. The molecular weight excluding hydrogens is 781 g/mol. The molecule has 0 spiro atoms. The highest BCUT2D eigenvalue weighted by molar-refractivity contribution is 6.06. The van der Waals surface area contributed by atoms with E-state index in [2.05, 4.69) is 97.6 Å². The number of hydrogen-bond acceptors (Lipinski definition) is 4. The van der Waals surface area contributed by atoms with E-state index < -0.39 is 0 Å². The standard InChI is InChI=1S/C60H76N2O2/c1-4-7-10-12-14-16-18-20-22-24-45-61-57-41-35-48(37-43-59(57)63)33-39-50-28-26-31-53-52(30-9-6-3)54-32-27-29-51(56(54)47-55(50)53)40-34-49-36-42-58(60(64)44-38-49)62-46-25-23-21-19-17-15-13-11-8-5-2/h26-29,31-32,35-38,41-44,47H,4-25,30,45-46H2,1-3H3,(H,61,63)(H,62,64). The number of hydrogen-bond donors (Lipinski definition) is 2. The summed E-state index contributed by atoms with van der Waals surface area (Å²) in [5.41, 5.74) is 6.05. The summed E-state index contributed by atoms with van der Waals surface area (Å²) in [5.74, 6) is 13.7. The summed E-state index contributed by atoms with van der Waals surface area (Å²) in [6.45, 7) is 8.37. The fraction of sp³-hybridized carbons (Fsp3) is 0.467. The topological polar surface area (TPSA) is 58.2 Å². The Labute approximate surface area is 386 Å². The van der Waals surface area contributed by atoms with Crippen molar-refractivity contribution in [3.63, 3.8) is 0 Å². The van der Waals surface area contributed by atoms with Gasteiger partial charge in [0, 0.05) is 35.3 Å². The van der Waals surface area contributed by atoms with Gasteiger partial charge in [0.25, 0.3) is 0 Å². The van der Waals surface area contributed by atoms with E-state index in [1.165, 1.54) is 132 Å². The lowest BCUT2D eigenvalue weighted by molar-refractivity contribution is 0.560. The van der Waals surface area contributed by atoms with Crippen molar-refractivity contribution < 1.29 is 0 Å². The molecule has 0 unspecified atom stereocenters. The second kappa shape index (κ2) is 29.2. The Hall–Kier alpha value is -5.32. The third-order valence-electron chi connectivity index (χ3n) is 12.5. The van der Waals surface area contributed by atoms with Crippen molar-refractivity contribution in [1.29, 1.82) is 0 Å². The third-order valence-corrected chi connectivity index (χ3v) is 12.5. The van der Waals surface area contributed by atoms with Crippen LogP contribution in [-0.4, -0.2) is 13.1 Å². The predicted octanol–water partition coefficient (Wildman–Crippen LogP) is 15.5. The first kappa shape index (κ1) is 49.7. The van der Waals surface area contributed by atoms with Crippen LogP contribution in [0, 0.1) is 23.7 Å². The maximum absolute atomic E-state index is 13.0.